The Labute approximate surface area is 232 Å². The van der Waals surface area contributed by atoms with Crippen LogP contribution in [-0.4, -0.2) is 87.7 Å². The molecule has 0 saturated carbocycles. The summed E-state index contributed by atoms with van der Waals surface area (Å²) >= 11 is 1.78. The highest BCUT2D eigenvalue weighted by atomic mass is 32.1. The molecule has 0 bridgehead atoms. The molecule has 0 radical (unpaired) electrons. The van der Waals surface area contributed by atoms with E-state index in [4.69, 9.17) is 19.6 Å². The molecule has 7 rings (SSSR count). The molecule has 10 nitrogen and oxygen atoms in total. The van der Waals surface area contributed by atoms with Gasteiger partial charge in [0.2, 0.25) is 0 Å². The second kappa shape index (κ2) is 9.57. The van der Waals surface area contributed by atoms with Crippen molar-refractivity contribution in [2.24, 2.45) is 11.3 Å². The van der Waals surface area contributed by atoms with Crippen LogP contribution in [0.2, 0.25) is 0 Å². The van der Waals surface area contributed by atoms with Crippen LogP contribution in [0.5, 0.6) is 5.75 Å². The molecule has 0 aromatic carbocycles. The van der Waals surface area contributed by atoms with Crippen LogP contribution in [-0.2, 0) is 4.74 Å². The predicted octanol–water partition coefficient (Wildman–Crippen LogP) is 4.23. The largest absolute Gasteiger partial charge is 0.493 e. The van der Waals surface area contributed by atoms with Crippen molar-refractivity contribution in [1.29, 1.82) is 0 Å². The van der Waals surface area contributed by atoms with E-state index in [1.165, 1.54) is 43.8 Å². The van der Waals surface area contributed by atoms with E-state index >= 15 is 0 Å². The molecule has 39 heavy (non-hydrogen) atoms. The Morgan fingerprint density at radius 2 is 2.00 bits per heavy atom. The van der Waals surface area contributed by atoms with Crippen LogP contribution >= 0.6 is 11.3 Å². The molecule has 0 atom stereocenters. The Hall–Kier alpha value is -3.02. The first-order valence-corrected chi connectivity index (χ1v) is 14.7. The van der Waals surface area contributed by atoms with Crippen LogP contribution < -0.4 is 9.64 Å². The van der Waals surface area contributed by atoms with Gasteiger partial charge < -0.3 is 19.3 Å². The van der Waals surface area contributed by atoms with Crippen molar-refractivity contribution in [1.82, 2.24) is 34.7 Å². The summed E-state index contributed by atoms with van der Waals surface area (Å²) < 4.78 is 12.9. The lowest BCUT2D eigenvalue weighted by Crippen LogP contribution is -2.72. The number of rotatable bonds is 7. The van der Waals surface area contributed by atoms with E-state index in [0.29, 0.717) is 16.8 Å². The van der Waals surface area contributed by atoms with Crippen LogP contribution in [0.25, 0.3) is 27.6 Å². The molecule has 206 valence electrons. The van der Waals surface area contributed by atoms with Crippen molar-refractivity contribution in [2.45, 2.75) is 39.5 Å². The topological polar surface area (TPSA) is 96.7 Å². The molecule has 1 spiro atoms. The van der Waals surface area contributed by atoms with Gasteiger partial charge in [-0.3, -0.25) is 5.10 Å². The molecule has 3 saturated heterocycles. The van der Waals surface area contributed by atoms with E-state index < -0.39 is 0 Å². The molecule has 11 heteroatoms. The van der Waals surface area contributed by atoms with Crippen LogP contribution in [0.4, 0.5) is 5.00 Å². The highest BCUT2D eigenvalue weighted by Gasteiger charge is 2.52. The van der Waals surface area contributed by atoms with Crippen molar-refractivity contribution in [3.63, 3.8) is 0 Å². The second-order valence-electron chi connectivity index (χ2n) is 11.8. The zero-order valence-electron chi connectivity index (χ0n) is 23.1. The molecule has 0 aliphatic carbocycles. The van der Waals surface area contributed by atoms with Crippen molar-refractivity contribution in [2.75, 3.05) is 57.9 Å². The van der Waals surface area contributed by atoms with E-state index in [1.807, 2.05) is 12.3 Å². The minimum absolute atomic E-state index is 0.253. The minimum Gasteiger partial charge on any atom is -0.493 e. The summed E-state index contributed by atoms with van der Waals surface area (Å²) in [4.78, 5) is 14.5. The van der Waals surface area contributed by atoms with Gasteiger partial charge in [-0.1, -0.05) is 25.2 Å². The number of pyridine rings is 1. The number of aromatic amines is 1. The molecule has 0 unspecified atom stereocenters. The number of methoxy groups -OCH3 is 1. The SMILES string of the molecule is COc1cc(-c2n[nH]c(-c3nc(C)c(N4CC5(CN(CC6CCOCC6)C5)C4)s3)c2C(C)C)cn2ncnc12. The Balaban J connectivity index is 1.09. The first-order chi connectivity index (χ1) is 18.9. The third-order valence-corrected chi connectivity index (χ3v) is 9.75. The van der Waals surface area contributed by atoms with Gasteiger partial charge in [0.25, 0.3) is 0 Å². The number of hydrogen-bond donors (Lipinski definition) is 1. The van der Waals surface area contributed by atoms with Crippen LogP contribution in [0.1, 0.15) is 43.9 Å². The van der Waals surface area contributed by atoms with Crippen LogP contribution in [0.3, 0.4) is 0 Å². The Morgan fingerprint density at radius 1 is 1.21 bits per heavy atom. The highest BCUT2D eigenvalue weighted by Crippen LogP contribution is 2.47. The fourth-order valence-corrected chi connectivity index (χ4v) is 7.77. The maximum absolute atomic E-state index is 5.59. The molecular weight excluding hydrogens is 512 g/mol. The van der Waals surface area contributed by atoms with Crippen LogP contribution in [0, 0.1) is 18.3 Å². The average molecular weight is 549 g/mol. The molecular formula is C28H36N8O2S. The van der Waals surface area contributed by atoms with Gasteiger partial charge in [0.05, 0.1) is 24.2 Å². The van der Waals surface area contributed by atoms with Gasteiger partial charge in [-0.2, -0.15) is 10.2 Å². The monoisotopic (exact) mass is 548 g/mol. The van der Waals surface area contributed by atoms with Crippen molar-refractivity contribution in [3.05, 3.63) is 29.8 Å². The number of fused-ring (bicyclic) bond motifs is 1. The average Bonchev–Trinajstić information content (AvgIpc) is 3.62. The number of hydrogen-bond acceptors (Lipinski definition) is 9. The Morgan fingerprint density at radius 3 is 2.74 bits per heavy atom. The number of ether oxygens (including phenoxy) is 2. The molecule has 7 heterocycles. The van der Waals surface area contributed by atoms with Crippen LogP contribution in [0.15, 0.2) is 18.6 Å². The van der Waals surface area contributed by atoms with Crippen molar-refractivity contribution < 1.29 is 9.47 Å². The summed E-state index contributed by atoms with van der Waals surface area (Å²) in [6.07, 6.45) is 5.93. The van der Waals surface area contributed by atoms with Gasteiger partial charge >= 0.3 is 0 Å². The number of aryl methyl sites for hydroxylation is 1. The molecule has 1 N–H and O–H groups in total. The summed E-state index contributed by atoms with van der Waals surface area (Å²) in [5.41, 5.74) is 6.23. The lowest BCUT2D eigenvalue weighted by atomic mass is 9.72. The molecule has 3 aliphatic heterocycles. The number of H-pyrrole nitrogens is 1. The third kappa shape index (κ3) is 4.31. The van der Waals surface area contributed by atoms with Gasteiger partial charge in [-0.05, 0) is 37.7 Å². The summed E-state index contributed by atoms with van der Waals surface area (Å²) in [6.45, 7) is 14.4. The first kappa shape index (κ1) is 25.0. The number of thiazole rings is 1. The maximum Gasteiger partial charge on any atom is 0.197 e. The smallest absolute Gasteiger partial charge is 0.197 e. The summed E-state index contributed by atoms with van der Waals surface area (Å²) in [7, 11) is 1.65. The van der Waals surface area contributed by atoms with E-state index in [-0.39, 0.29) is 5.92 Å². The number of aromatic nitrogens is 6. The Kier molecular flexibility index (Phi) is 6.13. The fraction of sp³-hybridized carbons (Fsp3) is 0.571. The number of anilines is 1. The number of nitrogens with one attached hydrogen (secondary N) is 1. The quantitative estimate of drug-likeness (QED) is 0.367. The maximum atomic E-state index is 5.59. The zero-order chi connectivity index (χ0) is 26.7. The molecule has 4 aromatic heterocycles. The van der Waals surface area contributed by atoms with Gasteiger partial charge in [-0.25, -0.2) is 14.5 Å². The number of nitrogens with zero attached hydrogens (tertiary/aromatic N) is 7. The van der Waals surface area contributed by atoms with Gasteiger partial charge in [0.15, 0.2) is 11.4 Å². The minimum atomic E-state index is 0.253. The molecule has 3 aliphatic rings. The first-order valence-electron chi connectivity index (χ1n) is 13.9. The second-order valence-corrected chi connectivity index (χ2v) is 12.8. The Bertz CT molecular complexity index is 1490. The zero-order valence-corrected chi connectivity index (χ0v) is 23.9. The van der Waals surface area contributed by atoms with E-state index in [2.05, 4.69) is 45.8 Å². The van der Waals surface area contributed by atoms with Gasteiger partial charge in [0.1, 0.15) is 16.3 Å². The van der Waals surface area contributed by atoms with Crippen molar-refractivity contribution in [3.8, 4) is 27.7 Å². The highest BCUT2D eigenvalue weighted by molar-refractivity contribution is 7.19. The predicted molar refractivity (Wildman–Crippen MR) is 152 cm³/mol. The summed E-state index contributed by atoms with van der Waals surface area (Å²) in [6, 6.07) is 1.98. The summed E-state index contributed by atoms with van der Waals surface area (Å²) in [5.74, 6) is 1.74. The third-order valence-electron chi connectivity index (χ3n) is 8.52. The normalized spacial score (nSPS) is 19.7. The lowest BCUT2D eigenvalue weighted by molar-refractivity contribution is -0.0425. The standard InChI is InChI=1S/C28H36N8O2S/c1-17(2)22-23(20-9-21(37-4)25-29-16-30-36(25)11-20)32-33-24(22)26-31-18(3)27(39-26)35-14-28(15-35)12-34(13-28)10-19-5-7-38-8-6-19/h9,11,16-17,19H,5-8,10,12-15H2,1-4H3,(H,32,33). The van der Waals surface area contributed by atoms with E-state index in [1.54, 1.807) is 23.0 Å². The van der Waals surface area contributed by atoms with E-state index in [0.717, 1.165) is 65.4 Å². The van der Waals surface area contributed by atoms with Gasteiger partial charge in [-0.15, -0.1) is 0 Å². The van der Waals surface area contributed by atoms with Crippen molar-refractivity contribution >= 4 is 22.0 Å². The molecule has 0 amide bonds. The van der Waals surface area contributed by atoms with E-state index in [9.17, 15) is 0 Å². The lowest BCUT2D eigenvalue weighted by Gasteiger charge is -2.61. The summed E-state index contributed by atoms with van der Waals surface area (Å²) in [5, 5.41) is 14.7. The van der Waals surface area contributed by atoms with Gasteiger partial charge in [0, 0.05) is 68.7 Å². The number of likely N-dealkylation sites (tertiary alicyclic amines) is 1. The molecule has 3 fully saturated rings. The molecule has 4 aromatic rings. The fourth-order valence-electron chi connectivity index (χ4n) is 6.69.